The van der Waals surface area contributed by atoms with Crippen LogP contribution in [0.4, 0.5) is 0 Å². The fourth-order valence-electron chi connectivity index (χ4n) is 3.38. The quantitative estimate of drug-likeness (QED) is 0.710. The second-order valence-corrected chi connectivity index (χ2v) is 7.97. The minimum Gasteiger partial charge on any atom is -0.468 e. The summed E-state index contributed by atoms with van der Waals surface area (Å²) in [5.41, 5.74) is -1.10. The zero-order chi connectivity index (χ0) is 16.2. The molecule has 8 heteroatoms. The van der Waals surface area contributed by atoms with Crippen molar-refractivity contribution in [2.24, 2.45) is 0 Å². The molecule has 1 heterocycles. The summed E-state index contributed by atoms with van der Waals surface area (Å²) in [7, 11) is -0.820. The lowest BCUT2D eigenvalue weighted by Gasteiger charge is -2.38. The predicted octanol–water partition coefficient (Wildman–Crippen LogP) is 0.381. The van der Waals surface area contributed by atoms with E-state index in [0.717, 1.165) is 45.2 Å². The number of nitrogens with zero attached hydrogens (tertiary/aromatic N) is 1. The fourth-order valence-corrected chi connectivity index (χ4v) is 4.91. The molecule has 128 valence electrons. The molecule has 0 spiro atoms. The highest BCUT2D eigenvalue weighted by atomic mass is 32.2. The highest BCUT2D eigenvalue weighted by Crippen LogP contribution is 2.30. The number of rotatable bonds is 5. The molecule has 0 aromatic rings. The smallest absolute Gasteiger partial charge is 0.327 e. The molecule has 1 aliphatic carbocycles. The first-order valence-corrected chi connectivity index (χ1v) is 9.41. The number of carbonyl (C=O) groups excluding carboxylic acids is 1. The number of methoxy groups -OCH3 is 1. The van der Waals surface area contributed by atoms with Crippen molar-refractivity contribution >= 4 is 16.2 Å². The second kappa shape index (κ2) is 7.25. The number of piperidine rings is 1. The van der Waals surface area contributed by atoms with Crippen LogP contribution in [0.15, 0.2) is 0 Å². The summed E-state index contributed by atoms with van der Waals surface area (Å²) >= 11 is 0. The molecule has 0 bridgehead atoms. The average Bonchev–Trinajstić information content (AvgIpc) is 2.54. The van der Waals surface area contributed by atoms with Gasteiger partial charge in [0, 0.05) is 13.1 Å². The third kappa shape index (κ3) is 3.79. The van der Waals surface area contributed by atoms with E-state index in [1.807, 2.05) is 0 Å². The van der Waals surface area contributed by atoms with E-state index in [-0.39, 0.29) is 6.04 Å². The summed E-state index contributed by atoms with van der Waals surface area (Å²) in [4.78, 5) is 12.2. The molecule has 1 saturated heterocycles. The summed E-state index contributed by atoms with van der Waals surface area (Å²) < 4.78 is 34.3. The Bertz CT molecular complexity index is 482. The number of ether oxygens (including phenoxy) is 1. The monoisotopic (exact) mass is 333 g/mol. The van der Waals surface area contributed by atoms with Crippen LogP contribution >= 0.6 is 0 Å². The van der Waals surface area contributed by atoms with Gasteiger partial charge >= 0.3 is 5.97 Å². The maximum atomic E-state index is 12.7. The molecule has 0 aromatic carbocycles. The van der Waals surface area contributed by atoms with Crippen LogP contribution in [-0.2, 0) is 19.7 Å². The van der Waals surface area contributed by atoms with E-state index in [9.17, 15) is 13.2 Å². The van der Waals surface area contributed by atoms with Gasteiger partial charge in [0.25, 0.3) is 10.2 Å². The van der Waals surface area contributed by atoms with Gasteiger partial charge in [-0.1, -0.05) is 19.3 Å². The van der Waals surface area contributed by atoms with Crippen molar-refractivity contribution in [3.05, 3.63) is 0 Å². The first-order chi connectivity index (χ1) is 10.4. The molecule has 2 aliphatic rings. The lowest BCUT2D eigenvalue weighted by Crippen LogP contribution is -2.60. The topological polar surface area (TPSA) is 87.7 Å². The summed E-state index contributed by atoms with van der Waals surface area (Å²) in [5.74, 6) is -0.477. The third-order valence-electron chi connectivity index (χ3n) is 4.81. The number of hydrogen-bond donors (Lipinski definition) is 2. The molecule has 0 aromatic heterocycles. The van der Waals surface area contributed by atoms with E-state index >= 15 is 0 Å². The largest absolute Gasteiger partial charge is 0.468 e. The molecular weight excluding hydrogens is 306 g/mol. The Morgan fingerprint density at radius 3 is 2.36 bits per heavy atom. The summed E-state index contributed by atoms with van der Waals surface area (Å²) in [6.45, 7) is 1.62. The summed E-state index contributed by atoms with van der Waals surface area (Å²) in [6, 6.07) is -0.0305. The van der Waals surface area contributed by atoms with Gasteiger partial charge in [0.1, 0.15) is 5.54 Å². The molecule has 1 saturated carbocycles. The number of hydrogen-bond acceptors (Lipinski definition) is 5. The molecule has 0 atom stereocenters. The van der Waals surface area contributed by atoms with E-state index in [2.05, 4.69) is 10.0 Å². The van der Waals surface area contributed by atoms with Crippen molar-refractivity contribution in [2.75, 3.05) is 27.2 Å². The van der Waals surface area contributed by atoms with Crippen LogP contribution in [0.3, 0.4) is 0 Å². The van der Waals surface area contributed by atoms with Crippen LogP contribution in [0.25, 0.3) is 0 Å². The van der Waals surface area contributed by atoms with Crippen LogP contribution in [0.1, 0.15) is 44.9 Å². The summed E-state index contributed by atoms with van der Waals surface area (Å²) in [6.07, 6.45) is 5.23. The van der Waals surface area contributed by atoms with Crippen LogP contribution in [-0.4, -0.2) is 57.5 Å². The second-order valence-electron chi connectivity index (χ2n) is 6.24. The molecule has 0 unspecified atom stereocenters. The SMILES string of the molecule is COC(=O)C1(NS(=O)(=O)N(C)C2CCNCC2)CCCCC1. The minimum absolute atomic E-state index is 0.0305. The van der Waals surface area contributed by atoms with E-state index in [0.29, 0.717) is 12.8 Å². The van der Waals surface area contributed by atoms with Gasteiger partial charge in [0.2, 0.25) is 0 Å². The van der Waals surface area contributed by atoms with E-state index in [4.69, 9.17) is 4.74 Å². The fraction of sp³-hybridized carbons (Fsp3) is 0.929. The van der Waals surface area contributed by atoms with Crippen LogP contribution in [0.5, 0.6) is 0 Å². The number of carbonyl (C=O) groups is 1. The Labute approximate surface area is 133 Å². The van der Waals surface area contributed by atoms with Gasteiger partial charge < -0.3 is 10.1 Å². The van der Waals surface area contributed by atoms with Crippen molar-refractivity contribution in [1.29, 1.82) is 0 Å². The Morgan fingerprint density at radius 2 is 1.82 bits per heavy atom. The van der Waals surface area contributed by atoms with Gasteiger partial charge in [-0.05, 0) is 38.8 Å². The lowest BCUT2D eigenvalue weighted by atomic mass is 9.83. The molecule has 2 fully saturated rings. The highest BCUT2D eigenvalue weighted by molar-refractivity contribution is 7.87. The van der Waals surface area contributed by atoms with Gasteiger partial charge in [0.05, 0.1) is 7.11 Å². The van der Waals surface area contributed by atoms with Gasteiger partial charge in [-0.2, -0.15) is 17.4 Å². The van der Waals surface area contributed by atoms with Crippen molar-refractivity contribution < 1.29 is 17.9 Å². The van der Waals surface area contributed by atoms with Crippen molar-refractivity contribution in [2.45, 2.75) is 56.5 Å². The van der Waals surface area contributed by atoms with E-state index < -0.39 is 21.7 Å². The first kappa shape index (κ1) is 17.7. The van der Waals surface area contributed by atoms with Crippen molar-refractivity contribution in [1.82, 2.24) is 14.3 Å². The molecule has 2 rings (SSSR count). The average molecular weight is 333 g/mol. The minimum atomic E-state index is -3.72. The summed E-state index contributed by atoms with van der Waals surface area (Å²) in [5, 5.41) is 3.22. The van der Waals surface area contributed by atoms with Gasteiger partial charge in [-0.3, -0.25) is 4.79 Å². The van der Waals surface area contributed by atoms with Crippen molar-refractivity contribution in [3.8, 4) is 0 Å². The molecule has 7 nitrogen and oxygen atoms in total. The Balaban J connectivity index is 2.14. The predicted molar refractivity (Wildman–Crippen MR) is 83.5 cm³/mol. The maximum absolute atomic E-state index is 12.7. The van der Waals surface area contributed by atoms with Gasteiger partial charge in [-0.25, -0.2) is 0 Å². The number of nitrogens with one attached hydrogen (secondary N) is 2. The van der Waals surface area contributed by atoms with Gasteiger partial charge in [-0.15, -0.1) is 0 Å². The van der Waals surface area contributed by atoms with E-state index in [1.54, 1.807) is 7.05 Å². The normalized spacial score (nSPS) is 23.4. The molecule has 2 N–H and O–H groups in total. The van der Waals surface area contributed by atoms with Crippen molar-refractivity contribution in [3.63, 3.8) is 0 Å². The van der Waals surface area contributed by atoms with Gasteiger partial charge in [0.15, 0.2) is 0 Å². The number of esters is 1. The Morgan fingerprint density at radius 1 is 1.23 bits per heavy atom. The zero-order valence-electron chi connectivity index (χ0n) is 13.4. The molecular formula is C14H27N3O4S. The molecule has 22 heavy (non-hydrogen) atoms. The first-order valence-electron chi connectivity index (χ1n) is 7.97. The standard InChI is InChI=1S/C14H27N3O4S/c1-17(12-6-10-15-11-7-12)22(19,20)16-14(13(18)21-2)8-4-3-5-9-14/h12,15-16H,3-11H2,1-2H3. The highest BCUT2D eigenvalue weighted by Gasteiger charge is 2.45. The Kier molecular flexibility index (Phi) is 5.81. The van der Waals surface area contributed by atoms with Crippen LogP contribution in [0.2, 0.25) is 0 Å². The van der Waals surface area contributed by atoms with E-state index in [1.165, 1.54) is 11.4 Å². The third-order valence-corrected chi connectivity index (χ3v) is 6.51. The molecule has 1 aliphatic heterocycles. The maximum Gasteiger partial charge on any atom is 0.327 e. The Hall–Kier alpha value is -0.700. The lowest BCUT2D eigenvalue weighted by molar-refractivity contribution is -0.149. The van der Waals surface area contributed by atoms with Crippen LogP contribution in [0, 0.1) is 0 Å². The van der Waals surface area contributed by atoms with Crippen LogP contribution < -0.4 is 10.0 Å². The molecule has 0 radical (unpaired) electrons. The molecule has 0 amide bonds. The zero-order valence-corrected chi connectivity index (χ0v) is 14.2.